The second-order valence-electron chi connectivity index (χ2n) is 5.41. The van der Waals surface area contributed by atoms with E-state index in [4.69, 9.17) is 9.84 Å². The summed E-state index contributed by atoms with van der Waals surface area (Å²) in [7, 11) is 0. The number of carbonyl (C=O) groups is 1. The third kappa shape index (κ3) is 3.49. The van der Waals surface area contributed by atoms with Gasteiger partial charge < -0.3 is 20.5 Å². The molecule has 0 saturated heterocycles. The van der Waals surface area contributed by atoms with Gasteiger partial charge in [-0.3, -0.25) is 4.79 Å². The fraction of sp³-hybridized carbons (Fsp3) is 0.533. The minimum atomic E-state index is -0.124. The van der Waals surface area contributed by atoms with Crippen molar-refractivity contribution in [3.63, 3.8) is 0 Å². The molecule has 0 spiro atoms. The molecule has 1 atom stereocenters. The molecule has 110 valence electrons. The minimum Gasteiger partial charge on any atom is -0.482 e. The normalized spacial score (nSPS) is 16.9. The molecule has 20 heavy (non-hydrogen) atoms. The predicted octanol–water partition coefficient (Wildman–Crippen LogP) is 1.66. The molecule has 0 aromatic heterocycles. The molecule has 3 N–H and O–H groups in total. The van der Waals surface area contributed by atoms with Gasteiger partial charge in [0, 0.05) is 18.7 Å². The summed E-state index contributed by atoms with van der Waals surface area (Å²) in [6, 6.07) is 5.79. The van der Waals surface area contributed by atoms with E-state index in [0.29, 0.717) is 18.7 Å². The summed E-state index contributed by atoms with van der Waals surface area (Å²) in [5, 5.41) is 15.4. The van der Waals surface area contributed by atoms with Crippen molar-refractivity contribution in [3.8, 4) is 5.75 Å². The van der Waals surface area contributed by atoms with Crippen molar-refractivity contribution in [3.05, 3.63) is 23.8 Å². The zero-order chi connectivity index (χ0) is 14.6. The van der Waals surface area contributed by atoms with Gasteiger partial charge in [0.25, 0.3) is 5.91 Å². The monoisotopic (exact) mass is 278 g/mol. The number of amides is 1. The molecule has 0 fully saturated rings. The number of hydrogen-bond acceptors (Lipinski definition) is 4. The topological polar surface area (TPSA) is 70.6 Å². The van der Waals surface area contributed by atoms with Gasteiger partial charge in [-0.1, -0.05) is 13.0 Å². The number of nitrogens with one attached hydrogen (secondary N) is 2. The van der Waals surface area contributed by atoms with Crippen molar-refractivity contribution in [2.45, 2.75) is 38.8 Å². The molecule has 5 nitrogen and oxygen atoms in total. The molecule has 1 aliphatic heterocycles. The van der Waals surface area contributed by atoms with Crippen molar-refractivity contribution in [2.24, 2.45) is 0 Å². The summed E-state index contributed by atoms with van der Waals surface area (Å²) >= 11 is 0. The van der Waals surface area contributed by atoms with E-state index in [0.717, 1.165) is 17.7 Å². The Morgan fingerprint density at radius 1 is 1.50 bits per heavy atom. The number of aliphatic hydroxyl groups excluding tert-OH is 1. The maximum absolute atomic E-state index is 11.3. The molecule has 1 heterocycles. The van der Waals surface area contributed by atoms with Gasteiger partial charge in [-0.25, -0.2) is 0 Å². The first-order valence-electron chi connectivity index (χ1n) is 6.98. The highest BCUT2D eigenvalue weighted by Crippen LogP contribution is 2.28. The summed E-state index contributed by atoms with van der Waals surface area (Å²) < 4.78 is 5.33. The molecule has 1 amide bonds. The Labute approximate surface area is 119 Å². The standard InChI is InChI=1S/C15H22N2O3/c1-3-15(2,6-7-18)16-9-11-4-5-13-12(8-11)17-14(19)10-20-13/h4-5,8,16,18H,3,6-7,9-10H2,1-2H3,(H,17,19). The Balaban J connectivity index is 2.03. The first-order valence-corrected chi connectivity index (χ1v) is 6.98. The lowest BCUT2D eigenvalue weighted by atomic mass is 9.94. The maximum Gasteiger partial charge on any atom is 0.262 e. The molecule has 5 heteroatoms. The maximum atomic E-state index is 11.3. The molecule has 2 rings (SSSR count). The Bertz CT molecular complexity index is 490. The number of carbonyl (C=O) groups excluding carboxylic acids is 1. The van der Waals surface area contributed by atoms with Gasteiger partial charge in [0.15, 0.2) is 6.61 Å². The molecular formula is C15H22N2O3. The van der Waals surface area contributed by atoms with Crippen LogP contribution >= 0.6 is 0 Å². The molecule has 1 unspecified atom stereocenters. The smallest absolute Gasteiger partial charge is 0.262 e. The largest absolute Gasteiger partial charge is 0.482 e. The SMILES string of the molecule is CCC(C)(CCO)NCc1ccc2c(c1)NC(=O)CO2. The van der Waals surface area contributed by atoms with Crippen LogP contribution in [0.15, 0.2) is 18.2 Å². The molecule has 0 bridgehead atoms. The van der Waals surface area contributed by atoms with Crippen molar-refractivity contribution in [1.29, 1.82) is 0 Å². The number of ether oxygens (including phenoxy) is 1. The highest BCUT2D eigenvalue weighted by atomic mass is 16.5. The lowest BCUT2D eigenvalue weighted by Gasteiger charge is -2.29. The van der Waals surface area contributed by atoms with E-state index < -0.39 is 0 Å². The van der Waals surface area contributed by atoms with Gasteiger partial charge in [-0.15, -0.1) is 0 Å². The second-order valence-corrected chi connectivity index (χ2v) is 5.41. The highest BCUT2D eigenvalue weighted by molar-refractivity contribution is 5.95. The van der Waals surface area contributed by atoms with Crippen molar-refractivity contribution in [2.75, 3.05) is 18.5 Å². The van der Waals surface area contributed by atoms with Gasteiger partial charge in [-0.05, 0) is 37.5 Å². The Morgan fingerprint density at radius 2 is 2.30 bits per heavy atom. The van der Waals surface area contributed by atoms with Crippen LogP contribution in [0.1, 0.15) is 32.3 Å². The van der Waals surface area contributed by atoms with Crippen LogP contribution in [0, 0.1) is 0 Å². The highest BCUT2D eigenvalue weighted by Gasteiger charge is 2.21. The van der Waals surface area contributed by atoms with Crippen LogP contribution in [0.25, 0.3) is 0 Å². The van der Waals surface area contributed by atoms with E-state index >= 15 is 0 Å². The lowest BCUT2D eigenvalue weighted by molar-refractivity contribution is -0.118. The van der Waals surface area contributed by atoms with E-state index in [9.17, 15) is 4.79 Å². The lowest BCUT2D eigenvalue weighted by Crippen LogP contribution is -2.42. The van der Waals surface area contributed by atoms with Crippen molar-refractivity contribution in [1.82, 2.24) is 5.32 Å². The minimum absolute atomic E-state index is 0.0784. The van der Waals surface area contributed by atoms with Gasteiger partial charge >= 0.3 is 0 Å². The Morgan fingerprint density at radius 3 is 3.00 bits per heavy atom. The zero-order valence-corrected chi connectivity index (χ0v) is 12.0. The van der Waals surface area contributed by atoms with Crippen LogP contribution in [0.5, 0.6) is 5.75 Å². The first kappa shape index (κ1) is 14.8. The average molecular weight is 278 g/mol. The van der Waals surface area contributed by atoms with Crippen LogP contribution in [-0.4, -0.2) is 29.8 Å². The van der Waals surface area contributed by atoms with E-state index in [2.05, 4.69) is 24.5 Å². The van der Waals surface area contributed by atoms with Crippen molar-refractivity contribution < 1.29 is 14.6 Å². The molecule has 0 radical (unpaired) electrons. The van der Waals surface area contributed by atoms with Gasteiger partial charge in [0.05, 0.1) is 5.69 Å². The van der Waals surface area contributed by atoms with Crippen LogP contribution in [0.3, 0.4) is 0 Å². The first-order chi connectivity index (χ1) is 9.56. The number of rotatable bonds is 6. The summed E-state index contributed by atoms with van der Waals surface area (Å²) in [5.41, 5.74) is 1.72. The summed E-state index contributed by atoms with van der Waals surface area (Å²) in [5.74, 6) is 0.586. The number of fused-ring (bicyclic) bond motifs is 1. The van der Waals surface area contributed by atoms with Crippen LogP contribution in [0.4, 0.5) is 5.69 Å². The van der Waals surface area contributed by atoms with E-state index in [1.54, 1.807) is 0 Å². The quantitative estimate of drug-likeness (QED) is 0.740. The number of anilines is 1. The molecule has 1 aliphatic rings. The summed E-state index contributed by atoms with van der Waals surface area (Å²) in [4.78, 5) is 11.3. The number of hydrogen-bond donors (Lipinski definition) is 3. The average Bonchev–Trinajstić information content (AvgIpc) is 2.45. The summed E-state index contributed by atoms with van der Waals surface area (Å²) in [6.07, 6.45) is 1.66. The molecule has 1 aromatic carbocycles. The molecule has 0 saturated carbocycles. The predicted molar refractivity (Wildman–Crippen MR) is 77.8 cm³/mol. The van der Waals surface area contributed by atoms with Gasteiger partial charge in [-0.2, -0.15) is 0 Å². The number of aliphatic hydroxyl groups is 1. The molecule has 0 aliphatic carbocycles. The molecular weight excluding hydrogens is 256 g/mol. The summed E-state index contributed by atoms with van der Waals surface area (Å²) in [6.45, 7) is 5.14. The van der Waals surface area contributed by atoms with Crippen molar-refractivity contribution >= 4 is 11.6 Å². The molecule has 1 aromatic rings. The Hall–Kier alpha value is -1.59. The van der Waals surface area contributed by atoms with Crippen LogP contribution < -0.4 is 15.4 Å². The Kier molecular flexibility index (Phi) is 4.62. The third-order valence-corrected chi connectivity index (χ3v) is 3.84. The van der Waals surface area contributed by atoms with Crippen LogP contribution in [0.2, 0.25) is 0 Å². The second kappa shape index (κ2) is 6.24. The fourth-order valence-corrected chi connectivity index (χ4v) is 2.19. The van der Waals surface area contributed by atoms with Gasteiger partial charge in [0.2, 0.25) is 0 Å². The van der Waals surface area contributed by atoms with E-state index in [-0.39, 0.29) is 24.7 Å². The van der Waals surface area contributed by atoms with Crippen LogP contribution in [-0.2, 0) is 11.3 Å². The van der Waals surface area contributed by atoms with E-state index in [1.807, 2.05) is 18.2 Å². The fourth-order valence-electron chi connectivity index (χ4n) is 2.19. The third-order valence-electron chi connectivity index (χ3n) is 3.84. The zero-order valence-electron chi connectivity index (χ0n) is 12.0. The van der Waals surface area contributed by atoms with E-state index in [1.165, 1.54) is 0 Å². The van der Waals surface area contributed by atoms with Gasteiger partial charge in [0.1, 0.15) is 5.75 Å². The number of benzene rings is 1.